The fourth-order valence-electron chi connectivity index (χ4n) is 2.41. The summed E-state index contributed by atoms with van der Waals surface area (Å²) in [4.78, 5) is 12.5. The van der Waals surface area contributed by atoms with E-state index in [2.05, 4.69) is 10.5 Å². The molecule has 1 heterocycles. The molecule has 0 spiro atoms. The first-order chi connectivity index (χ1) is 10.2. The van der Waals surface area contributed by atoms with Crippen LogP contribution in [0.1, 0.15) is 48.4 Å². The summed E-state index contributed by atoms with van der Waals surface area (Å²) < 4.78 is 5.21. The Kier molecular flexibility index (Phi) is 3.75. The van der Waals surface area contributed by atoms with Gasteiger partial charge in [-0.3, -0.25) is 4.79 Å². The van der Waals surface area contributed by atoms with Crippen LogP contribution in [-0.2, 0) is 0 Å². The van der Waals surface area contributed by atoms with Crippen LogP contribution in [0.3, 0.4) is 0 Å². The number of aliphatic hydroxyl groups is 1. The van der Waals surface area contributed by atoms with Crippen molar-refractivity contribution in [2.75, 3.05) is 0 Å². The molecule has 1 aliphatic carbocycles. The molecule has 1 unspecified atom stereocenters. The van der Waals surface area contributed by atoms with Crippen molar-refractivity contribution in [3.05, 3.63) is 41.7 Å². The number of aliphatic hydroxyl groups excluding tert-OH is 1. The number of carbonyl (C=O) groups is 1. The maximum absolute atomic E-state index is 12.5. The summed E-state index contributed by atoms with van der Waals surface area (Å²) in [5.41, 5.74) is 1.61. The Balaban J connectivity index is 1.98. The highest BCUT2D eigenvalue weighted by molar-refractivity contribution is 6.01. The summed E-state index contributed by atoms with van der Waals surface area (Å²) in [6, 6.07) is 9.60. The van der Waals surface area contributed by atoms with Crippen molar-refractivity contribution in [3.8, 4) is 11.3 Å². The molecule has 2 aromatic rings. The van der Waals surface area contributed by atoms with Gasteiger partial charge in [-0.15, -0.1) is 0 Å². The van der Waals surface area contributed by atoms with Crippen LogP contribution in [0, 0.1) is 0 Å². The Labute approximate surface area is 123 Å². The van der Waals surface area contributed by atoms with Crippen LogP contribution in [0.25, 0.3) is 11.3 Å². The van der Waals surface area contributed by atoms with Gasteiger partial charge < -0.3 is 14.9 Å². The molecular formula is C16H18N2O3. The van der Waals surface area contributed by atoms with Crippen molar-refractivity contribution < 1.29 is 14.4 Å². The van der Waals surface area contributed by atoms with Crippen LogP contribution < -0.4 is 5.32 Å². The van der Waals surface area contributed by atoms with E-state index in [-0.39, 0.29) is 17.7 Å². The van der Waals surface area contributed by atoms with Gasteiger partial charge in [0.25, 0.3) is 5.91 Å². The van der Waals surface area contributed by atoms with Gasteiger partial charge in [-0.05, 0) is 26.2 Å². The smallest absolute Gasteiger partial charge is 0.257 e. The van der Waals surface area contributed by atoms with Gasteiger partial charge in [0, 0.05) is 11.6 Å². The molecule has 1 saturated carbocycles. The van der Waals surface area contributed by atoms with Crippen molar-refractivity contribution in [2.45, 2.75) is 38.3 Å². The van der Waals surface area contributed by atoms with Crippen molar-refractivity contribution in [2.24, 2.45) is 0 Å². The molecule has 3 rings (SSSR count). The maximum atomic E-state index is 12.5. The summed E-state index contributed by atoms with van der Waals surface area (Å²) in [7, 11) is 0. The molecule has 0 radical (unpaired) electrons. The second kappa shape index (κ2) is 5.69. The van der Waals surface area contributed by atoms with Gasteiger partial charge >= 0.3 is 0 Å². The molecule has 1 amide bonds. The molecule has 1 aromatic heterocycles. The third-order valence-electron chi connectivity index (χ3n) is 3.81. The van der Waals surface area contributed by atoms with E-state index in [1.807, 2.05) is 30.3 Å². The molecule has 0 saturated heterocycles. The lowest BCUT2D eigenvalue weighted by atomic mass is 9.92. The normalized spacial score (nSPS) is 16.3. The van der Waals surface area contributed by atoms with Gasteiger partial charge in [0.15, 0.2) is 5.76 Å². The SMILES string of the molecule is CC(O)c1onc(-c2ccccc2)c1C(=O)NC1CCC1. The minimum Gasteiger partial charge on any atom is -0.385 e. The molecular weight excluding hydrogens is 268 g/mol. The summed E-state index contributed by atoms with van der Waals surface area (Å²) in [5.74, 6) is -0.0126. The van der Waals surface area contributed by atoms with Crippen LogP contribution >= 0.6 is 0 Å². The molecule has 5 heteroatoms. The zero-order valence-electron chi connectivity index (χ0n) is 11.9. The standard InChI is InChI=1S/C16H18N2O3/c1-10(19)15-13(16(20)17-12-8-5-9-12)14(18-21-15)11-6-3-2-4-7-11/h2-4,6-7,10,12,19H,5,8-9H2,1H3,(H,17,20). The molecule has 21 heavy (non-hydrogen) atoms. The van der Waals surface area contributed by atoms with E-state index in [1.54, 1.807) is 6.92 Å². The number of nitrogens with one attached hydrogen (secondary N) is 1. The molecule has 0 aliphatic heterocycles. The highest BCUT2D eigenvalue weighted by atomic mass is 16.5. The minimum absolute atomic E-state index is 0.214. The number of hydrogen-bond donors (Lipinski definition) is 2. The first-order valence-corrected chi connectivity index (χ1v) is 7.20. The van der Waals surface area contributed by atoms with Crippen molar-refractivity contribution in [1.29, 1.82) is 0 Å². The van der Waals surface area contributed by atoms with Crippen molar-refractivity contribution in [1.82, 2.24) is 10.5 Å². The number of benzene rings is 1. The summed E-state index contributed by atoms with van der Waals surface area (Å²) in [6.45, 7) is 1.56. The molecule has 2 N–H and O–H groups in total. The Morgan fingerprint density at radius 2 is 2.10 bits per heavy atom. The monoisotopic (exact) mass is 286 g/mol. The van der Waals surface area contributed by atoms with E-state index in [0.717, 1.165) is 24.8 Å². The van der Waals surface area contributed by atoms with E-state index in [9.17, 15) is 9.90 Å². The van der Waals surface area contributed by atoms with Crippen molar-refractivity contribution in [3.63, 3.8) is 0 Å². The Bertz CT molecular complexity index is 630. The van der Waals surface area contributed by atoms with Gasteiger partial charge in [-0.1, -0.05) is 35.5 Å². The van der Waals surface area contributed by atoms with E-state index in [1.165, 1.54) is 0 Å². The molecule has 1 aromatic carbocycles. The number of carbonyl (C=O) groups excluding carboxylic acids is 1. The van der Waals surface area contributed by atoms with Gasteiger partial charge in [0.1, 0.15) is 17.4 Å². The van der Waals surface area contributed by atoms with Crippen LogP contribution in [-0.4, -0.2) is 22.2 Å². The Hall–Kier alpha value is -2.14. The summed E-state index contributed by atoms with van der Waals surface area (Å²) >= 11 is 0. The van der Waals surface area contributed by atoms with Crippen LogP contribution in [0.5, 0.6) is 0 Å². The summed E-state index contributed by atoms with van der Waals surface area (Å²) in [6.07, 6.45) is 2.27. The largest absolute Gasteiger partial charge is 0.385 e. The zero-order chi connectivity index (χ0) is 14.8. The number of rotatable bonds is 4. The first-order valence-electron chi connectivity index (χ1n) is 7.20. The molecule has 0 bridgehead atoms. The van der Waals surface area contributed by atoms with E-state index in [0.29, 0.717) is 11.3 Å². The third-order valence-corrected chi connectivity index (χ3v) is 3.81. The zero-order valence-corrected chi connectivity index (χ0v) is 11.9. The average Bonchev–Trinajstić information content (AvgIpc) is 2.88. The van der Waals surface area contributed by atoms with E-state index >= 15 is 0 Å². The topological polar surface area (TPSA) is 75.4 Å². The molecule has 5 nitrogen and oxygen atoms in total. The lowest BCUT2D eigenvalue weighted by Crippen LogP contribution is -2.39. The van der Waals surface area contributed by atoms with Gasteiger partial charge in [0.05, 0.1) is 0 Å². The number of amides is 1. The quantitative estimate of drug-likeness (QED) is 0.906. The van der Waals surface area contributed by atoms with Gasteiger partial charge in [-0.2, -0.15) is 0 Å². The number of nitrogens with zero attached hydrogens (tertiary/aromatic N) is 1. The lowest BCUT2D eigenvalue weighted by Gasteiger charge is -2.26. The van der Waals surface area contributed by atoms with Crippen LogP contribution in [0.15, 0.2) is 34.9 Å². The second-order valence-electron chi connectivity index (χ2n) is 5.41. The lowest BCUT2D eigenvalue weighted by molar-refractivity contribution is 0.0904. The Morgan fingerprint density at radius 3 is 2.67 bits per heavy atom. The number of hydrogen-bond acceptors (Lipinski definition) is 4. The fourth-order valence-corrected chi connectivity index (χ4v) is 2.41. The third kappa shape index (κ3) is 2.69. The minimum atomic E-state index is -0.878. The van der Waals surface area contributed by atoms with Crippen molar-refractivity contribution >= 4 is 5.91 Å². The predicted molar refractivity (Wildman–Crippen MR) is 77.7 cm³/mol. The van der Waals surface area contributed by atoms with Crippen LogP contribution in [0.4, 0.5) is 0 Å². The molecule has 1 fully saturated rings. The highest BCUT2D eigenvalue weighted by Crippen LogP contribution is 2.29. The van der Waals surface area contributed by atoms with Gasteiger partial charge in [-0.25, -0.2) is 0 Å². The molecule has 110 valence electrons. The average molecular weight is 286 g/mol. The second-order valence-corrected chi connectivity index (χ2v) is 5.41. The highest BCUT2D eigenvalue weighted by Gasteiger charge is 2.29. The predicted octanol–water partition coefficient (Wildman–Crippen LogP) is 2.68. The molecule has 1 aliphatic rings. The Morgan fingerprint density at radius 1 is 1.38 bits per heavy atom. The fraction of sp³-hybridized carbons (Fsp3) is 0.375. The van der Waals surface area contributed by atoms with Crippen LogP contribution in [0.2, 0.25) is 0 Å². The van der Waals surface area contributed by atoms with E-state index in [4.69, 9.17) is 4.52 Å². The first kappa shape index (κ1) is 13.8. The maximum Gasteiger partial charge on any atom is 0.257 e. The van der Waals surface area contributed by atoms with E-state index < -0.39 is 6.10 Å². The summed E-state index contributed by atoms with van der Waals surface area (Å²) in [5, 5.41) is 16.8. The molecule has 1 atom stereocenters. The van der Waals surface area contributed by atoms with Gasteiger partial charge in [0.2, 0.25) is 0 Å². The number of aromatic nitrogens is 1.